The van der Waals surface area contributed by atoms with Gasteiger partial charge >= 0.3 is 17.9 Å². The largest absolute Gasteiger partial charge is 0.462 e. The Labute approximate surface area is 442 Å². The molecule has 0 N–H and O–H groups in total. The van der Waals surface area contributed by atoms with Crippen LogP contribution in [0.15, 0.2) is 36.5 Å². The summed E-state index contributed by atoms with van der Waals surface area (Å²) < 4.78 is 16.9. The second kappa shape index (κ2) is 60.2. The summed E-state index contributed by atoms with van der Waals surface area (Å²) in [6.45, 7) is 6.67. The lowest BCUT2D eigenvalue weighted by atomic mass is 10.1. The lowest BCUT2D eigenvalue weighted by Crippen LogP contribution is -2.30. The highest BCUT2D eigenvalue weighted by molar-refractivity contribution is 5.71. The summed E-state index contributed by atoms with van der Waals surface area (Å²) in [5.74, 6) is -0.866. The van der Waals surface area contributed by atoms with Gasteiger partial charge in [0.05, 0.1) is 0 Å². The highest BCUT2D eigenvalue weighted by Crippen LogP contribution is 2.16. The van der Waals surface area contributed by atoms with E-state index in [0.717, 1.165) is 64.2 Å². The first-order valence-corrected chi connectivity index (χ1v) is 31.5. The van der Waals surface area contributed by atoms with E-state index < -0.39 is 6.10 Å². The predicted octanol–water partition coefficient (Wildman–Crippen LogP) is 21.2. The van der Waals surface area contributed by atoms with E-state index in [9.17, 15) is 14.4 Å². The molecule has 0 heterocycles. The first-order chi connectivity index (χ1) is 35.0. The molecule has 0 rings (SSSR count). The Morgan fingerprint density at radius 2 is 0.465 bits per heavy atom. The lowest BCUT2D eigenvalue weighted by molar-refractivity contribution is -0.167. The van der Waals surface area contributed by atoms with Crippen molar-refractivity contribution in [3.05, 3.63) is 36.5 Å². The van der Waals surface area contributed by atoms with Gasteiger partial charge in [0.2, 0.25) is 0 Å². The van der Waals surface area contributed by atoms with Crippen molar-refractivity contribution in [2.75, 3.05) is 13.2 Å². The van der Waals surface area contributed by atoms with E-state index >= 15 is 0 Å². The first kappa shape index (κ1) is 68.6. The normalized spacial score (nSPS) is 12.2. The molecule has 1 atom stereocenters. The maximum atomic E-state index is 12.9. The van der Waals surface area contributed by atoms with Crippen LogP contribution in [0.2, 0.25) is 0 Å². The Bertz CT molecular complexity index is 1190. The van der Waals surface area contributed by atoms with Gasteiger partial charge in [0.25, 0.3) is 0 Å². The number of unbranched alkanes of at least 4 members (excludes halogenated alkanes) is 41. The molecule has 0 fully saturated rings. The van der Waals surface area contributed by atoms with E-state index in [2.05, 4.69) is 57.2 Å². The van der Waals surface area contributed by atoms with Gasteiger partial charge in [-0.2, -0.15) is 0 Å². The minimum absolute atomic E-state index is 0.0738. The maximum Gasteiger partial charge on any atom is 0.306 e. The van der Waals surface area contributed by atoms with Crippen molar-refractivity contribution in [3.8, 4) is 0 Å². The average molecular weight is 998 g/mol. The number of hydrogen-bond acceptors (Lipinski definition) is 6. The highest BCUT2D eigenvalue weighted by Gasteiger charge is 2.19. The molecule has 0 saturated heterocycles. The molecule has 6 nitrogen and oxygen atoms in total. The number of carbonyl (C=O) groups excluding carboxylic acids is 3. The average Bonchev–Trinajstić information content (AvgIpc) is 3.37. The van der Waals surface area contributed by atoms with Crippen LogP contribution >= 0.6 is 0 Å². The third-order valence-electron chi connectivity index (χ3n) is 14.1. The first-order valence-electron chi connectivity index (χ1n) is 31.5. The Kier molecular flexibility index (Phi) is 58.2. The van der Waals surface area contributed by atoms with E-state index in [0.29, 0.717) is 19.3 Å². The van der Waals surface area contributed by atoms with Crippen LogP contribution in [0.25, 0.3) is 0 Å². The van der Waals surface area contributed by atoms with Gasteiger partial charge in [-0.25, -0.2) is 0 Å². The van der Waals surface area contributed by atoms with Crippen molar-refractivity contribution in [1.82, 2.24) is 0 Å². The minimum atomic E-state index is -0.776. The number of carbonyl (C=O) groups is 3. The molecule has 0 spiro atoms. The van der Waals surface area contributed by atoms with Crippen LogP contribution in [0.4, 0.5) is 0 Å². The van der Waals surface area contributed by atoms with Gasteiger partial charge in [0, 0.05) is 19.3 Å². The number of hydrogen-bond donors (Lipinski definition) is 0. The van der Waals surface area contributed by atoms with Crippen LogP contribution in [-0.4, -0.2) is 37.2 Å². The maximum absolute atomic E-state index is 12.9. The number of rotatable bonds is 58. The van der Waals surface area contributed by atoms with Crippen molar-refractivity contribution in [2.45, 2.75) is 348 Å². The third-order valence-corrected chi connectivity index (χ3v) is 14.1. The molecular formula is C65H120O6. The summed E-state index contributed by atoms with van der Waals surface area (Å²) >= 11 is 0. The molecule has 0 aliphatic carbocycles. The fourth-order valence-electron chi connectivity index (χ4n) is 9.31. The second-order valence-electron chi connectivity index (χ2n) is 21.3. The third kappa shape index (κ3) is 58.4. The van der Waals surface area contributed by atoms with E-state index in [1.54, 1.807) is 0 Å². The predicted molar refractivity (Wildman–Crippen MR) is 307 cm³/mol. The fraction of sp³-hybridized carbons (Fsp3) is 0.862. The zero-order chi connectivity index (χ0) is 51.4. The SMILES string of the molecule is CCCCCCCCC=CCCCCCCCCCCCC(=O)OCC(COC(=O)CCCCCCCC=CCCCCCCCC)OC(=O)CCCCCCCCCCCC=CCCCCCCCC. The van der Waals surface area contributed by atoms with Crippen LogP contribution < -0.4 is 0 Å². The zero-order valence-corrected chi connectivity index (χ0v) is 47.8. The van der Waals surface area contributed by atoms with Gasteiger partial charge in [0.1, 0.15) is 13.2 Å². The molecule has 71 heavy (non-hydrogen) atoms. The van der Waals surface area contributed by atoms with Crippen molar-refractivity contribution in [3.63, 3.8) is 0 Å². The van der Waals surface area contributed by atoms with Gasteiger partial charge in [0.15, 0.2) is 6.10 Å². The van der Waals surface area contributed by atoms with Gasteiger partial charge in [-0.3, -0.25) is 14.4 Å². The number of esters is 3. The molecule has 416 valence electrons. The number of ether oxygens (including phenoxy) is 3. The van der Waals surface area contributed by atoms with Crippen LogP contribution in [0, 0.1) is 0 Å². The summed E-state index contributed by atoms with van der Waals surface area (Å²) in [6, 6.07) is 0. The fourth-order valence-corrected chi connectivity index (χ4v) is 9.31. The quantitative estimate of drug-likeness (QED) is 0.0261. The summed E-state index contributed by atoms with van der Waals surface area (Å²) in [5, 5.41) is 0. The van der Waals surface area contributed by atoms with Crippen molar-refractivity contribution >= 4 is 17.9 Å². The van der Waals surface area contributed by atoms with Crippen molar-refractivity contribution < 1.29 is 28.6 Å². The second-order valence-corrected chi connectivity index (χ2v) is 21.3. The Hall–Kier alpha value is -2.37. The van der Waals surface area contributed by atoms with E-state index in [1.807, 2.05) is 0 Å². The van der Waals surface area contributed by atoms with Crippen molar-refractivity contribution in [2.24, 2.45) is 0 Å². The van der Waals surface area contributed by atoms with E-state index in [1.165, 1.54) is 238 Å². The Morgan fingerprint density at radius 1 is 0.268 bits per heavy atom. The van der Waals surface area contributed by atoms with Crippen LogP contribution in [-0.2, 0) is 28.6 Å². The van der Waals surface area contributed by atoms with Crippen LogP contribution in [0.5, 0.6) is 0 Å². The summed E-state index contributed by atoms with van der Waals surface area (Å²) in [4.78, 5) is 38.3. The molecule has 0 amide bonds. The van der Waals surface area contributed by atoms with Crippen LogP contribution in [0.1, 0.15) is 342 Å². The topological polar surface area (TPSA) is 78.9 Å². The summed E-state index contributed by atoms with van der Waals surface area (Å²) in [7, 11) is 0. The Balaban J connectivity index is 4.34. The summed E-state index contributed by atoms with van der Waals surface area (Å²) in [6.07, 6.45) is 72.8. The zero-order valence-electron chi connectivity index (χ0n) is 47.8. The van der Waals surface area contributed by atoms with Gasteiger partial charge in [-0.1, -0.05) is 263 Å². The molecule has 6 heteroatoms. The molecule has 0 aromatic rings. The smallest absolute Gasteiger partial charge is 0.306 e. The monoisotopic (exact) mass is 997 g/mol. The summed E-state index contributed by atoms with van der Waals surface area (Å²) in [5.41, 5.74) is 0. The highest BCUT2D eigenvalue weighted by atomic mass is 16.6. The van der Waals surface area contributed by atoms with Crippen molar-refractivity contribution in [1.29, 1.82) is 0 Å². The van der Waals surface area contributed by atoms with Gasteiger partial charge in [-0.15, -0.1) is 0 Å². The van der Waals surface area contributed by atoms with E-state index in [4.69, 9.17) is 14.2 Å². The van der Waals surface area contributed by atoms with E-state index in [-0.39, 0.29) is 31.1 Å². The van der Waals surface area contributed by atoms with Gasteiger partial charge in [-0.05, 0) is 96.3 Å². The molecule has 0 aromatic heterocycles. The molecular weight excluding hydrogens is 877 g/mol. The molecule has 0 bridgehead atoms. The lowest BCUT2D eigenvalue weighted by Gasteiger charge is -2.18. The molecule has 1 unspecified atom stereocenters. The number of allylic oxidation sites excluding steroid dienone is 6. The Morgan fingerprint density at radius 3 is 0.704 bits per heavy atom. The molecule has 0 aliphatic heterocycles. The van der Waals surface area contributed by atoms with Crippen LogP contribution in [0.3, 0.4) is 0 Å². The molecule has 0 radical (unpaired) electrons. The minimum Gasteiger partial charge on any atom is -0.462 e. The molecule has 0 saturated carbocycles. The van der Waals surface area contributed by atoms with Gasteiger partial charge < -0.3 is 14.2 Å². The molecule has 0 aliphatic rings. The molecule has 0 aromatic carbocycles. The standard InChI is InChI=1S/C65H120O6/c1-4-7-10-13-16-19-22-25-28-30-32-34-37-40-43-46-49-52-55-58-64(67)70-61-62(60-69-63(66)57-54-51-48-45-42-39-36-27-24-21-18-15-12-9-6-3)71-65(68)59-56-53-50-47-44-41-38-35-33-31-29-26-23-20-17-14-11-8-5-2/h25-29,36,62H,4-24,30-35,37-61H2,1-3H3.